The third-order valence-electron chi connectivity index (χ3n) is 4.29. The van der Waals surface area contributed by atoms with Gasteiger partial charge in [-0.25, -0.2) is 0 Å². The number of carbonyl (C=O) groups excluding carboxylic acids is 2. The van der Waals surface area contributed by atoms with Crippen LogP contribution in [0.3, 0.4) is 0 Å². The van der Waals surface area contributed by atoms with Gasteiger partial charge < -0.3 is 15.0 Å². The average Bonchev–Trinajstić information content (AvgIpc) is 3.23. The molecule has 0 saturated carbocycles. The molecule has 146 valence electrons. The van der Waals surface area contributed by atoms with Crippen LogP contribution in [0.25, 0.3) is 10.8 Å². The molecule has 0 spiro atoms. The molecule has 0 radical (unpaired) electrons. The minimum atomic E-state index is -0.243. The van der Waals surface area contributed by atoms with Gasteiger partial charge in [-0.2, -0.15) is 0 Å². The van der Waals surface area contributed by atoms with E-state index in [1.165, 1.54) is 4.90 Å². The highest BCUT2D eigenvalue weighted by molar-refractivity contribution is 7.09. The van der Waals surface area contributed by atoms with Crippen molar-refractivity contribution in [3.63, 3.8) is 0 Å². The van der Waals surface area contributed by atoms with Crippen molar-refractivity contribution in [1.82, 2.24) is 10.2 Å². The Morgan fingerprint density at radius 3 is 2.61 bits per heavy atom. The maximum atomic E-state index is 12.5. The molecule has 2 amide bonds. The Kier molecular flexibility index (Phi) is 6.90. The Bertz CT molecular complexity index is 959. The van der Waals surface area contributed by atoms with E-state index in [1.54, 1.807) is 23.5 Å². The third-order valence-corrected chi connectivity index (χ3v) is 5.50. The monoisotopic (exact) mass is 416 g/mol. The zero-order valence-electron chi connectivity index (χ0n) is 15.5. The highest BCUT2D eigenvalue weighted by atomic mass is 35.5. The smallest absolute Gasteiger partial charge is 0.260 e. The minimum absolute atomic E-state index is 0.00539. The number of nitrogens with zero attached hydrogens (tertiary/aromatic N) is 1. The largest absolute Gasteiger partial charge is 0.483 e. The van der Waals surface area contributed by atoms with E-state index in [4.69, 9.17) is 16.3 Å². The van der Waals surface area contributed by atoms with E-state index >= 15 is 0 Å². The molecule has 1 N–H and O–H groups in total. The molecule has 0 atom stereocenters. The second kappa shape index (κ2) is 9.57. The van der Waals surface area contributed by atoms with Crippen LogP contribution in [-0.2, 0) is 16.1 Å². The summed E-state index contributed by atoms with van der Waals surface area (Å²) in [7, 11) is 0. The fourth-order valence-corrected chi connectivity index (χ4v) is 3.67. The zero-order chi connectivity index (χ0) is 19.9. The number of likely N-dealkylation sites (N-methyl/N-ethyl adjacent to an activating group) is 1. The topological polar surface area (TPSA) is 58.6 Å². The van der Waals surface area contributed by atoms with Crippen molar-refractivity contribution < 1.29 is 14.3 Å². The number of carbonyl (C=O) groups is 2. The van der Waals surface area contributed by atoms with Crippen LogP contribution in [0.5, 0.6) is 5.75 Å². The van der Waals surface area contributed by atoms with Gasteiger partial charge in [0.1, 0.15) is 5.75 Å². The number of rotatable bonds is 8. The van der Waals surface area contributed by atoms with E-state index in [-0.39, 0.29) is 25.0 Å². The van der Waals surface area contributed by atoms with Gasteiger partial charge in [-0.3, -0.25) is 9.59 Å². The second-order valence-electron chi connectivity index (χ2n) is 6.14. The van der Waals surface area contributed by atoms with Crippen molar-refractivity contribution in [2.24, 2.45) is 0 Å². The maximum absolute atomic E-state index is 12.5. The lowest BCUT2D eigenvalue weighted by molar-refractivity contribution is -0.137. The molecule has 1 heterocycles. The van der Waals surface area contributed by atoms with Gasteiger partial charge in [0, 0.05) is 27.2 Å². The maximum Gasteiger partial charge on any atom is 0.260 e. The molecule has 28 heavy (non-hydrogen) atoms. The van der Waals surface area contributed by atoms with Crippen LogP contribution in [0.15, 0.2) is 53.9 Å². The number of halogens is 1. The lowest BCUT2D eigenvalue weighted by Crippen LogP contribution is -2.42. The van der Waals surface area contributed by atoms with Crippen LogP contribution >= 0.6 is 22.9 Å². The van der Waals surface area contributed by atoms with Crippen molar-refractivity contribution >= 4 is 45.5 Å². The first kappa shape index (κ1) is 20.2. The van der Waals surface area contributed by atoms with Gasteiger partial charge in [0.15, 0.2) is 6.61 Å². The summed E-state index contributed by atoms with van der Waals surface area (Å²) in [6.45, 7) is 2.59. The van der Waals surface area contributed by atoms with Crippen molar-refractivity contribution in [1.29, 1.82) is 0 Å². The summed E-state index contributed by atoms with van der Waals surface area (Å²) >= 11 is 7.79. The molecule has 5 nitrogen and oxygen atoms in total. The van der Waals surface area contributed by atoms with E-state index in [2.05, 4.69) is 5.32 Å². The lowest BCUT2D eigenvalue weighted by Gasteiger charge is -2.20. The van der Waals surface area contributed by atoms with Crippen LogP contribution in [0.1, 0.15) is 11.8 Å². The molecule has 1 aromatic heterocycles. The molecule has 0 fully saturated rings. The number of ether oxygens (including phenoxy) is 1. The number of nitrogens with one attached hydrogen (secondary N) is 1. The van der Waals surface area contributed by atoms with Gasteiger partial charge in [-0.05, 0) is 30.5 Å². The van der Waals surface area contributed by atoms with Gasteiger partial charge in [-0.15, -0.1) is 11.3 Å². The standard InChI is InChI=1S/C21H21ClN2O3S/c1-2-24(13-20(25)23-12-15-6-5-11-28-15)21(26)14-27-19-10-9-18(22)16-7-3-4-8-17(16)19/h3-11H,2,12-14H2,1H3,(H,23,25). The molecular weight excluding hydrogens is 396 g/mol. The summed E-state index contributed by atoms with van der Waals surface area (Å²) in [5.74, 6) is 0.153. The molecular formula is C21H21ClN2O3S. The molecule has 7 heteroatoms. The Hall–Kier alpha value is -2.57. The van der Waals surface area contributed by atoms with E-state index in [1.807, 2.05) is 48.7 Å². The summed E-state index contributed by atoms with van der Waals surface area (Å²) in [6.07, 6.45) is 0. The van der Waals surface area contributed by atoms with E-state index < -0.39 is 0 Å². The van der Waals surface area contributed by atoms with E-state index in [0.717, 1.165) is 15.6 Å². The minimum Gasteiger partial charge on any atom is -0.483 e. The predicted molar refractivity (Wildman–Crippen MR) is 113 cm³/mol. The van der Waals surface area contributed by atoms with Crippen LogP contribution in [-0.4, -0.2) is 36.4 Å². The highest BCUT2D eigenvalue weighted by Crippen LogP contribution is 2.31. The lowest BCUT2D eigenvalue weighted by atomic mass is 10.1. The summed E-state index contributed by atoms with van der Waals surface area (Å²) in [5.41, 5.74) is 0. The van der Waals surface area contributed by atoms with Crippen LogP contribution in [0.4, 0.5) is 0 Å². The third kappa shape index (κ3) is 5.03. The van der Waals surface area contributed by atoms with Crippen LogP contribution < -0.4 is 10.1 Å². The van der Waals surface area contributed by atoms with Gasteiger partial charge >= 0.3 is 0 Å². The first-order valence-corrected chi connectivity index (χ1v) is 10.2. The Labute approximate surface area is 172 Å². The van der Waals surface area contributed by atoms with E-state index in [0.29, 0.717) is 23.9 Å². The number of hydrogen-bond donors (Lipinski definition) is 1. The molecule has 0 unspecified atom stereocenters. The number of thiophene rings is 1. The first-order chi connectivity index (χ1) is 13.6. The second-order valence-corrected chi connectivity index (χ2v) is 7.58. The fourth-order valence-electron chi connectivity index (χ4n) is 2.80. The first-order valence-electron chi connectivity index (χ1n) is 8.95. The molecule has 0 saturated heterocycles. The Morgan fingerprint density at radius 1 is 1.11 bits per heavy atom. The normalized spacial score (nSPS) is 10.6. The number of amides is 2. The SMILES string of the molecule is CCN(CC(=O)NCc1cccs1)C(=O)COc1ccc(Cl)c2ccccc12. The highest BCUT2D eigenvalue weighted by Gasteiger charge is 2.17. The van der Waals surface area contributed by atoms with Crippen molar-refractivity contribution in [2.45, 2.75) is 13.5 Å². The number of hydrogen-bond acceptors (Lipinski definition) is 4. The summed E-state index contributed by atoms with van der Waals surface area (Å²) < 4.78 is 5.74. The summed E-state index contributed by atoms with van der Waals surface area (Å²) in [4.78, 5) is 27.2. The molecule has 2 aromatic carbocycles. The summed E-state index contributed by atoms with van der Waals surface area (Å²) in [6, 6.07) is 15.0. The van der Waals surface area contributed by atoms with Gasteiger partial charge in [0.25, 0.3) is 5.91 Å². The Balaban J connectivity index is 1.57. The summed E-state index contributed by atoms with van der Waals surface area (Å²) in [5, 5.41) is 7.14. The molecule has 0 aliphatic rings. The van der Waals surface area contributed by atoms with Gasteiger partial charge in [0.05, 0.1) is 13.1 Å². The van der Waals surface area contributed by atoms with Crippen LogP contribution in [0, 0.1) is 0 Å². The molecule has 3 aromatic rings. The Morgan fingerprint density at radius 2 is 1.89 bits per heavy atom. The van der Waals surface area contributed by atoms with Crippen molar-refractivity contribution in [2.75, 3.05) is 19.7 Å². The average molecular weight is 417 g/mol. The molecule has 0 aliphatic carbocycles. The van der Waals surface area contributed by atoms with Gasteiger partial charge in [0.2, 0.25) is 5.91 Å². The number of fused-ring (bicyclic) bond motifs is 1. The quantitative estimate of drug-likeness (QED) is 0.601. The number of benzene rings is 2. The fraction of sp³-hybridized carbons (Fsp3) is 0.238. The predicted octanol–water partition coefficient (Wildman–Crippen LogP) is 4.10. The van der Waals surface area contributed by atoms with E-state index in [9.17, 15) is 9.59 Å². The molecule has 0 aliphatic heterocycles. The van der Waals surface area contributed by atoms with Crippen molar-refractivity contribution in [3.8, 4) is 5.75 Å². The zero-order valence-corrected chi connectivity index (χ0v) is 17.1. The molecule has 3 rings (SSSR count). The van der Waals surface area contributed by atoms with Crippen LogP contribution in [0.2, 0.25) is 5.02 Å². The van der Waals surface area contributed by atoms with Crippen molar-refractivity contribution in [3.05, 3.63) is 63.8 Å². The van der Waals surface area contributed by atoms with Gasteiger partial charge in [-0.1, -0.05) is 41.9 Å². The molecule has 0 bridgehead atoms.